The fourth-order valence-electron chi connectivity index (χ4n) is 8.23. The van der Waals surface area contributed by atoms with Crippen LogP contribution in [0.2, 0.25) is 0 Å². The highest BCUT2D eigenvalue weighted by molar-refractivity contribution is 5.25. The van der Waals surface area contributed by atoms with Crippen LogP contribution in [0.4, 0.5) is 0 Å². The van der Waals surface area contributed by atoms with Gasteiger partial charge in [0.15, 0.2) is 5.79 Å². The first-order valence-corrected chi connectivity index (χ1v) is 11.0. The summed E-state index contributed by atoms with van der Waals surface area (Å²) in [5.74, 6) is 2.61. The van der Waals surface area contributed by atoms with Crippen molar-refractivity contribution in [1.82, 2.24) is 0 Å². The van der Waals surface area contributed by atoms with E-state index < -0.39 is 0 Å². The molecule has 0 bridgehead atoms. The molecule has 5 rings (SSSR count). The average molecular weight is 361 g/mol. The molecule has 3 heteroatoms. The van der Waals surface area contributed by atoms with Crippen molar-refractivity contribution in [3.8, 4) is 0 Å². The molecule has 7 atom stereocenters. The first kappa shape index (κ1) is 17.7. The van der Waals surface area contributed by atoms with Crippen molar-refractivity contribution in [2.75, 3.05) is 13.2 Å². The molecular formula is C23H36O3. The zero-order chi connectivity index (χ0) is 18.2. The van der Waals surface area contributed by atoms with E-state index in [9.17, 15) is 5.11 Å². The van der Waals surface area contributed by atoms with Crippen molar-refractivity contribution in [2.24, 2.45) is 34.5 Å². The largest absolute Gasteiger partial charge is 0.393 e. The van der Waals surface area contributed by atoms with Crippen LogP contribution < -0.4 is 0 Å². The fraction of sp³-hybridized carbons (Fsp3) is 0.913. The molecule has 1 aliphatic heterocycles. The van der Waals surface area contributed by atoms with Crippen LogP contribution in [-0.2, 0) is 9.47 Å². The average Bonchev–Trinajstić information content (AvgIpc) is 3.19. The summed E-state index contributed by atoms with van der Waals surface area (Å²) in [5, 5.41) is 10.2. The molecule has 1 N–H and O–H groups in total. The monoisotopic (exact) mass is 360 g/mol. The summed E-state index contributed by atoms with van der Waals surface area (Å²) >= 11 is 0. The smallest absolute Gasteiger partial charge is 0.169 e. The number of hydrogen-bond donors (Lipinski definition) is 1. The van der Waals surface area contributed by atoms with E-state index in [1.807, 2.05) is 0 Å². The van der Waals surface area contributed by atoms with E-state index in [0.29, 0.717) is 16.7 Å². The normalized spacial score (nSPS) is 52.8. The van der Waals surface area contributed by atoms with Crippen LogP contribution in [0.3, 0.4) is 0 Å². The predicted molar refractivity (Wildman–Crippen MR) is 102 cm³/mol. The SMILES string of the molecule is CC1([C@H]2CC[C@H]3[C@H]4CC=C5C[C@@H](O)CC[C@]5(C)[C@@H]4CC[C@@]23C)OCCO1. The molecule has 4 fully saturated rings. The maximum atomic E-state index is 10.2. The van der Waals surface area contributed by atoms with Gasteiger partial charge in [-0.2, -0.15) is 0 Å². The minimum atomic E-state index is -0.356. The van der Waals surface area contributed by atoms with Crippen LogP contribution in [0.25, 0.3) is 0 Å². The Labute approximate surface area is 158 Å². The van der Waals surface area contributed by atoms with Crippen molar-refractivity contribution in [1.29, 1.82) is 0 Å². The molecule has 1 saturated heterocycles. The summed E-state index contributed by atoms with van der Waals surface area (Å²) < 4.78 is 12.3. The summed E-state index contributed by atoms with van der Waals surface area (Å²) in [5.41, 5.74) is 2.27. The molecule has 26 heavy (non-hydrogen) atoms. The Morgan fingerprint density at radius 1 is 0.962 bits per heavy atom. The van der Waals surface area contributed by atoms with Crippen molar-refractivity contribution >= 4 is 0 Å². The number of ether oxygens (including phenoxy) is 2. The molecule has 0 unspecified atom stereocenters. The summed E-state index contributed by atoms with van der Waals surface area (Å²) in [6.07, 6.45) is 12.0. The van der Waals surface area contributed by atoms with E-state index in [-0.39, 0.29) is 11.9 Å². The maximum absolute atomic E-state index is 10.2. The van der Waals surface area contributed by atoms with Crippen LogP contribution in [0.15, 0.2) is 11.6 Å². The van der Waals surface area contributed by atoms with Crippen LogP contribution in [0, 0.1) is 34.5 Å². The van der Waals surface area contributed by atoms with Crippen LogP contribution in [-0.4, -0.2) is 30.2 Å². The third-order valence-electron chi connectivity index (χ3n) is 9.57. The highest BCUT2D eigenvalue weighted by Gasteiger charge is 2.62. The zero-order valence-corrected chi connectivity index (χ0v) is 16.8. The van der Waals surface area contributed by atoms with Gasteiger partial charge in [-0.25, -0.2) is 0 Å². The minimum absolute atomic E-state index is 0.104. The number of aliphatic hydroxyl groups excluding tert-OH is 1. The number of fused-ring (bicyclic) bond motifs is 5. The first-order chi connectivity index (χ1) is 12.4. The molecule has 0 aromatic carbocycles. The van der Waals surface area contributed by atoms with E-state index in [1.165, 1.54) is 38.5 Å². The van der Waals surface area contributed by atoms with Crippen LogP contribution in [0.5, 0.6) is 0 Å². The Kier molecular flexibility index (Phi) is 3.96. The Hall–Kier alpha value is -0.380. The van der Waals surface area contributed by atoms with E-state index in [0.717, 1.165) is 43.8 Å². The Bertz CT molecular complexity index is 607. The number of rotatable bonds is 1. The summed E-state index contributed by atoms with van der Waals surface area (Å²) in [7, 11) is 0. The molecule has 5 aliphatic rings. The summed E-state index contributed by atoms with van der Waals surface area (Å²) in [6.45, 7) is 8.78. The van der Waals surface area contributed by atoms with E-state index >= 15 is 0 Å². The van der Waals surface area contributed by atoms with E-state index in [2.05, 4.69) is 26.8 Å². The zero-order valence-electron chi connectivity index (χ0n) is 16.8. The van der Waals surface area contributed by atoms with Gasteiger partial charge in [0.1, 0.15) is 0 Å². The lowest BCUT2D eigenvalue weighted by atomic mass is 9.47. The van der Waals surface area contributed by atoms with Crippen molar-refractivity contribution in [3.05, 3.63) is 11.6 Å². The van der Waals surface area contributed by atoms with Gasteiger partial charge in [0.25, 0.3) is 0 Å². The highest BCUT2D eigenvalue weighted by Crippen LogP contribution is 2.68. The molecule has 4 aliphatic carbocycles. The Morgan fingerprint density at radius 2 is 1.73 bits per heavy atom. The lowest BCUT2D eigenvalue weighted by Gasteiger charge is -2.58. The first-order valence-electron chi connectivity index (χ1n) is 11.0. The molecule has 1 heterocycles. The molecule has 0 spiro atoms. The van der Waals surface area contributed by atoms with Gasteiger partial charge in [0, 0.05) is 5.92 Å². The molecule has 0 aromatic rings. The lowest BCUT2D eigenvalue weighted by Crippen LogP contribution is -2.53. The Balaban J connectivity index is 1.45. The van der Waals surface area contributed by atoms with E-state index in [1.54, 1.807) is 5.57 Å². The standard InChI is InChI=1S/C23H36O3/c1-21-10-8-16(24)14-15(21)4-5-17-18-6-7-20(23(3)25-12-13-26-23)22(18,2)11-9-19(17)21/h4,16-20,24H,5-14H2,1-3H3/t16-,17+,18-,19+,20-,21-,22+/m0/s1. The van der Waals surface area contributed by atoms with Gasteiger partial charge in [-0.05, 0) is 86.9 Å². The van der Waals surface area contributed by atoms with Gasteiger partial charge in [-0.3, -0.25) is 0 Å². The second-order valence-electron chi connectivity index (χ2n) is 10.5. The topological polar surface area (TPSA) is 38.7 Å². The van der Waals surface area contributed by atoms with Gasteiger partial charge in [0.05, 0.1) is 19.3 Å². The van der Waals surface area contributed by atoms with Gasteiger partial charge in [-0.15, -0.1) is 0 Å². The molecule has 146 valence electrons. The molecule has 0 aromatic heterocycles. The molecule has 0 radical (unpaired) electrons. The van der Waals surface area contributed by atoms with Crippen LogP contribution in [0.1, 0.15) is 72.1 Å². The highest BCUT2D eigenvalue weighted by atomic mass is 16.7. The molecule has 3 nitrogen and oxygen atoms in total. The van der Waals surface area contributed by atoms with Crippen molar-refractivity contribution in [3.63, 3.8) is 0 Å². The summed E-state index contributed by atoms with van der Waals surface area (Å²) in [4.78, 5) is 0. The van der Waals surface area contributed by atoms with Crippen molar-refractivity contribution in [2.45, 2.75) is 84.0 Å². The van der Waals surface area contributed by atoms with Gasteiger partial charge in [-0.1, -0.05) is 25.5 Å². The summed E-state index contributed by atoms with van der Waals surface area (Å²) in [6, 6.07) is 0. The third kappa shape index (κ3) is 2.29. The predicted octanol–water partition coefficient (Wildman–Crippen LogP) is 4.69. The van der Waals surface area contributed by atoms with Gasteiger partial charge in [0.2, 0.25) is 0 Å². The molecule has 0 amide bonds. The van der Waals surface area contributed by atoms with Crippen molar-refractivity contribution < 1.29 is 14.6 Å². The minimum Gasteiger partial charge on any atom is -0.393 e. The van der Waals surface area contributed by atoms with E-state index in [4.69, 9.17) is 9.47 Å². The Morgan fingerprint density at radius 3 is 2.50 bits per heavy atom. The fourth-order valence-corrected chi connectivity index (χ4v) is 8.23. The van der Waals surface area contributed by atoms with Gasteiger partial charge >= 0.3 is 0 Å². The van der Waals surface area contributed by atoms with Crippen LogP contribution >= 0.6 is 0 Å². The molecule has 3 saturated carbocycles. The number of allylic oxidation sites excluding steroid dienone is 1. The van der Waals surface area contributed by atoms with Gasteiger partial charge < -0.3 is 14.6 Å². The number of aliphatic hydroxyl groups is 1. The second kappa shape index (κ2) is 5.81. The third-order valence-corrected chi connectivity index (χ3v) is 9.57. The number of hydrogen-bond acceptors (Lipinski definition) is 3. The lowest BCUT2D eigenvalue weighted by molar-refractivity contribution is -0.214. The maximum Gasteiger partial charge on any atom is 0.169 e. The molecular weight excluding hydrogens is 324 g/mol. The second-order valence-corrected chi connectivity index (χ2v) is 10.5. The quantitative estimate of drug-likeness (QED) is 0.690.